The number of hydrogen-bond acceptors (Lipinski definition) is 4. The molecule has 0 N–H and O–H groups in total. The Morgan fingerprint density at radius 1 is 1.22 bits per heavy atom. The number of amides is 1. The lowest BCUT2D eigenvalue weighted by Crippen LogP contribution is -2.49. The van der Waals surface area contributed by atoms with Crippen LogP contribution >= 0.6 is 0 Å². The number of likely N-dealkylation sites (tertiary alicyclic amines) is 1. The Kier molecular flexibility index (Phi) is 5.16. The van der Waals surface area contributed by atoms with Gasteiger partial charge in [-0.05, 0) is 50.2 Å². The van der Waals surface area contributed by atoms with Gasteiger partial charge < -0.3 is 14.5 Å². The Morgan fingerprint density at radius 2 is 2.00 bits per heavy atom. The molecule has 0 spiro atoms. The summed E-state index contributed by atoms with van der Waals surface area (Å²) in [5.74, 6) is 1.49. The largest absolute Gasteiger partial charge is 0.381 e. The summed E-state index contributed by atoms with van der Waals surface area (Å²) in [6.07, 6.45) is 5.57. The average Bonchev–Trinajstić information content (AvgIpc) is 2.62. The number of carbonyl (C=O) groups excluding carboxylic acids is 1. The normalized spacial score (nSPS) is 22.9. The van der Waals surface area contributed by atoms with E-state index in [4.69, 9.17) is 4.74 Å². The summed E-state index contributed by atoms with van der Waals surface area (Å²) in [5, 5.41) is 0. The molecule has 1 unspecified atom stereocenters. The van der Waals surface area contributed by atoms with Gasteiger partial charge in [0, 0.05) is 39.9 Å². The van der Waals surface area contributed by atoms with Crippen molar-refractivity contribution in [2.75, 3.05) is 38.8 Å². The van der Waals surface area contributed by atoms with E-state index in [1.165, 1.54) is 6.42 Å². The maximum atomic E-state index is 13.0. The first kappa shape index (κ1) is 16.2. The van der Waals surface area contributed by atoms with E-state index in [9.17, 15) is 4.79 Å². The Labute approximate surface area is 138 Å². The van der Waals surface area contributed by atoms with Gasteiger partial charge in [-0.3, -0.25) is 4.79 Å². The summed E-state index contributed by atoms with van der Waals surface area (Å²) in [5.41, 5.74) is 0.565. The number of carbonyl (C=O) groups is 1. The predicted molar refractivity (Wildman–Crippen MR) is 90.8 cm³/mol. The summed E-state index contributed by atoms with van der Waals surface area (Å²) in [6, 6.07) is 6.04. The average molecular weight is 317 g/mol. The van der Waals surface area contributed by atoms with Crippen LogP contribution in [0.4, 0.5) is 5.82 Å². The highest BCUT2D eigenvalue weighted by Crippen LogP contribution is 2.30. The van der Waals surface area contributed by atoms with Crippen molar-refractivity contribution in [2.45, 2.75) is 38.1 Å². The SMILES string of the molecule is CN(C)c1cccc(C(=O)N2CCCCC2C2CCOCC2)n1. The van der Waals surface area contributed by atoms with Gasteiger partial charge in [-0.2, -0.15) is 0 Å². The topological polar surface area (TPSA) is 45.7 Å². The number of hydrogen-bond donors (Lipinski definition) is 0. The van der Waals surface area contributed by atoms with Crippen molar-refractivity contribution in [3.05, 3.63) is 23.9 Å². The summed E-state index contributed by atoms with van der Waals surface area (Å²) < 4.78 is 5.49. The summed E-state index contributed by atoms with van der Waals surface area (Å²) in [4.78, 5) is 21.6. The second-order valence-electron chi connectivity index (χ2n) is 6.79. The number of pyridine rings is 1. The zero-order valence-corrected chi connectivity index (χ0v) is 14.2. The van der Waals surface area contributed by atoms with Crippen molar-refractivity contribution in [3.8, 4) is 0 Å². The van der Waals surface area contributed by atoms with Crippen LogP contribution in [0, 0.1) is 5.92 Å². The molecule has 1 atom stereocenters. The summed E-state index contributed by atoms with van der Waals surface area (Å²) in [6.45, 7) is 2.52. The van der Waals surface area contributed by atoms with Crippen LogP contribution in [-0.4, -0.2) is 55.7 Å². The molecule has 5 heteroatoms. The number of ether oxygens (including phenoxy) is 1. The standard InChI is InChI=1S/C18H27N3O2/c1-20(2)17-8-5-6-15(19-17)18(22)21-11-4-3-7-16(21)14-9-12-23-13-10-14/h5-6,8,14,16H,3-4,7,9-13H2,1-2H3. The minimum Gasteiger partial charge on any atom is -0.381 e. The molecule has 23 heavy (non-hydrogen) atoms. The fraction of sp³-hybridized carbons (Fsp3) is 0.667. The lowest BCUT2D eigenvalue weighted by atomic mass is 9.85. The van der Waals surface area contributed by atoms with Gasteiger partial charge in [0.25, 0.3) is 5.91 Å². The molecule has 1 aromatic rings. The number of aromatic nitrogens is 1. The van der Waals surface area contributed by atoms with Crippen molar-refractivity contribution < 1.29 is 9.53 Å². The van der Waals surface area contributed by atoms with Gasteiger partial charge in [-0.1, -0.05) is 6.07 Å². The van der Waals surface area contributed by atoms with Crippen LogP contribution in [0.3, 0.4) is 0 Å². The molecule has 5 nitrogen and oxygen atoms in total. The molecule has 3 rings (SSSR count). The van der Waals surface area contributed by atoms with Crippen molar-refractivity contribution >= 4 is 11.7 Å². The van der Waals surface area contributed by atoms with Crippen LogP contribution in [0.1, 0.15) is 42.6 Å². The molecule has 0 aliphatic carbocycles. The quantitative estimate of drug-likeness (QED) is 0.859. The third-order valence-electron chi connectivity index (χ3n) is 5.03. The van der Waals surface area contributed by atoms with Crippen molar-refractivity contribution in [1.29, 1.82) is 0 Å². The van der Waals surface area contributed by atoms with Gasteiger partial charge in [0.15, 0.2) is 0 Å². The monoisotopic (exact) mass is 317 g/mol. The lowest BCUT2D eigenvalue weighted by molar-refractivity contribution is 0.0128. The van der Waals surface area contributed by atoms with Crippen molar-refractivity contribution in [2.24, 2.45) is 5.92 Å². The van der Waals surface area contributed by atoms with E-state index in [2.05, 4.69) is 9.88 Å². The lowest BCUT2D eigenvalue weighted by Gasteiger charge is -2.41. The van der Waals surface area contributed by atoms with E-state index in [1.54, 1.807) is 0 Å². The Hall–Kier alpha value is -1.62. The zero-order chi connectivity index (χ0) is 16.2. The van der Waals surface area contributed by atoms with Gasteiger partial charge >= 0.3 is 0 Å². The van der Waals surface area contributed by atoms with Crippen LogP contribution in [0.5, 0.6) is 0 Å². The first-order valence-electron chi connectivity index (χ1n) is 8.70. The number of anilines is 1. The van der Waals surface area contributed by atoms with Crippen LogP contribution in [0.25, 0.3) is 0 Å². The second kappa shape index (κ2) is 7.30. The van der Waals surface area contributed by atoms with Crippen LogP contribution in [0.2, 0.25) is 0 Å². The molecule has 3 heterocycles. The molecule has 2 aliphatic rings. The highest BCUT2D eigenvalue weighted by molar-refractivity contribution is 5.93. The molecular weight excluding hydrogens is 290 g/mol. The third-order valence-corrected chi connectivity index (χ3v) is 5.03. The van der Waals surface area contributed by atoms with Gasteiger partial charge in [-0.25, -0.2) is 4.98 Å². The summed E-state index contributed by atoms with van der Waals surface area (Å²) >= 11 is 0. The Bertz CT molecular complexity index is 541. The van der Waals surface area contributed by atoms with Gasteiger partial charge in [0.2, 0.25) is 0 Å². The van der Waals surface area contributed by atoms with E-state index in [-0.39, 0.29) is 5.91 Å². The molecule has 0 aromatic carbocycles. The fourth-order valence-electron chi connectivity index (χ4n) is 3.74. The molecule has 1 amide bonds. The van der Waals surface area contributed by atoms with Crippen LogP contribution in [0.15, 0.2) is 18.2 Å². The van der Waals surface area contributed by atoms with Crippen LogP contribution in [-0.2, 0) is 4.74 Å². The number of piperidine rings is 1. The second-order valence-corrected chi connectivity index (χ2v) is 6.79. The molecule has 2 fully saturated rings. The zero-order valence-electron chi connectivity index (χ0n) is 14.2. The van der Waals surface area contributed by atoms with E-state index in [0.717, 1.165) is 51.3 Å². The Morgan fingerprint density at radius 3 is 2.74 bits per heavy atom. The number of rotatable bonds is 3. The van der Waals surface area contributed by atoms with Gasteiger partial charge in [0.05, 0.1) is 0 Å². The van der Waals surface area contributed by atoms with Crippen LogP contribution < -0.4 is 4.90 Å². The first-order chi connectivity index (χ1) is 11.2. The Balaban J connectivity index is 1.79. The van der Waals surface area contributed by atoms with Gasteiger partial charge in [-0.15, -0.1) is 0 Å². The third kappa shape index (κ3) is 3.66. The minimum atomic E-state index is 0.0879. The molecule has 126 valence electrons. The molecule has 2 saturated heterocycles. The number of nitrogens with zero attached hydrogens (tertiary/aromatic N) is 3. The predicted octanol–water partition coefficient (Wildman–Crippen LogP) is 2.57. The first-order valence-corrected chi connectivity index (χ1v) is 8.70. The molecule has 0 radical (unpaired) electrons. The van der Waals surface area contributed by atoms with Gasteiger partial charge in [0.1, 0.15) is 11.5 Å². The van der Waals surface area contributed by atoms with Crippen molar-refractivity contribution in [1.82, 2.24) is 9.88 Å². The molecule has 2 aliphatic heterocycles. The van der Waals surface area contributed by atoms with E-state index in [0.29, 0.717) is 17.7 Å². The maximum absolute atomic E-state index is 13.0. The minimum absolute atomic E-state index is 0.0879. The molecule has 0 saturated carbocycles. The molecule has 0 bridgehead atoms. The maximum Gasteiger partial charge on any atom is 0.272 e. The highest BCUT2D eigenvalue weighted by Gasteiger charge is 2.34. The van der Waals surface area contributed by atoms with E-state index < -0.39 is 0 Å². The van der Waals surface area contributed by atoms with Crippen molar-refractivity contribution in [3.63, 3.8) is 0 Å². The molecular formula is C18H27N3O2. The fourth-order valence-corrected chi connectivity index (χ4v) is 3.74. The van der Waals surface area contributed by atoms with E-state index >= 15 is 0 Å². The van der Waals surface area contributed by atoms with E-state index in [1.807, 2.05) is 37.2 Å². The summed E-state index contributed by atoms with van der Waals surface area (Å²) in [7, 11) is 3.89. The highest BCUT2D eigenvalue weighted by atomic mass is 16.5. The molecule has 1 aromatic heterocycles. The smallest absolute Gasteiger partial charge is 0.272 e.